The average molecular weight is 244 g/mol. The monoisotopic (exact) mass is 243 g/mol. The van der Waals surface area contributed by atoms with Crippen molar-refractivity contribution >= 4 is 17.6 Å². The van der Waals surface area contributed by atoms with Gasteiger partial charge in [-0.25, -0.2) is 0 Å². The molecule has 0 aliphatic heterocycles. The molecule has 1 fully saturated rings. The molecule has 2 rings (SSSR count). The van der Waals surface area contributed by atoms with E-state index in [0.29, 0.717) is 17.9 Å². The molecule has 0 N–H and O–H groups in total. The van der Waals surface area contributed by atoms with Crippen molar-refractivity contribution in [2.24, 2.45) is 0 Å². The smallest absolute Gasteiger partial charge is 0.318 e. The fraction of sp³-hybridized carbons (Fsp3) is 0.818. The van der Waals surface area contributed by atoms with Gasteiger partial charge in [0.05, 0.1) is 0 Å². The maximum atomic E-state index is 5.91. The van der Waals surface area contributed by atoms with Gasteiger partial charge in [-0.2, -0.15) is 0 Å². The zero-order chi connectivity index (χ0) is 11.5. The summed E-state index contributed by atoms with van der Waals surface area (Å²) < 4.78 is 5.58. The number of anilines is 1. The molecule has 1 aromatic rings. The minimum Gasteiger partial charge on any atom is -0.406 e. The van der Waals surface area contributed by atoms with Gasteiger partial charge < -0.3 is 9.32 Å². The first kappa shape index (κ1) is 11.7. The lowest BCUT2D eigenvalue weighted by molar-refractivity contribution is 0.463. The van der Waals surface area contributed by atoms with Crippen LogP contribution >= 0.6 is 11.6 Å². The maximum absolute atomic E-state index is 5.91. The molecular weight excluding hydrogens is 226 g/mol. The van der Waals surface area contributed by atoms with Crippen LogP contribution in [0.5, 0.6) is 0 Å². The van der Waals surface area contributed by atoms with Crippen molar-refractivity contribution in [2.75, 3.05) is 11.4 Å². The highest BCUT2D eigenvalue weighted by molar-refractivity contribution is 6.20. The van der Waals surface area contributed by atoms with E-state index in [4.69, 9.17) is 16.0 Å². The highest BCUT2D eigenvalue weighted by Crippen LogP contribution is 2.28. The van der Waals surface area contributed by atoms with Gasteiger partial charge in [-0.05, 0) is 26.7 Å². The zero-order valence-electron chi connectivity index (χ0n) is 9.82. The molecule has 0 amide bonds. The second kappa shape index (κ2) is 5.04. The van der Waals surface area contributed by atoms with Crippen LogP contribution in [0.3, 0.4) is 0 Å². The Balaban J connectivity index is 2.12. The fourth-order valence-electron chi connectivity index (χ4n) is 2.27. The van der Waals surface area contributed by atoms with Crippen molar-refractivity contribution in [2.45, 2.75) is 50.9 Å². The second-order valence-corrected chi connectivity index (χ2v) is 4.92. The molecule has 1 saturated carbocycles. The molecule has 4 nitrogen and oxygen atoms in total. The van der Waals surface area contributed by atoms with Crippen molar-refractivity contribution in [1.82, 2.24) is 10.2 Å². The largest absolute Gasteiger partial charge is 0.406 e. The van der Waals surface area contributed by atoms with Crippen molar-refractivity contribution < 1.29 is 4.42 Å². The van der Waals surface area contributed by atoms with Crippen molar-refractivity contribution in [3.8, 4) is 0 Å². The molecule has 1 aliphatic carbocycles. The van der Waals surface area contributed by atoms with Crippen molar-refractivity contribution in [3.63, 3.8) is 0 Å². The fourth-order valence-corrected chi connectivity index (χ4v) is 2.36. The van der Waals surface area contributed by atoms with Crippen LogP contribution in [-0.4, -0.2) is 22.8 Å². The predicted octanol–water partition coefficient (Wildman–Crippen LogP) is 3.14. The van der Waals surface area contributed by atoms with E-state index in [2.05, 4.69) is 22.0 Å². The number of rotatable bonds is 4. The van der Waals surface area contributed by atoms with Crippen LogP contribution in [0, 0.1) is 0 Å². The molecule has 16 heavy (non-hydrogen) atoms. The molecule has 1 unspecified atom stereocenters. The van der Waals surface area contributed by atoms with E-state index < -0.39 is 0 Å². The molecular formula is C11H18ClN3O. The van der Waals surface area contributed by atoms with Gasteiger partial charge in [-0.1, -0.05) is 17.9 Å². The van der Waals surface area contributed by atoms with Gasteiger partial charge in [0.25, 0.3) is 0 Å². The SMILES string of the molecule is CCN(c1nnc(C(C)Cl)o1)C1CCCC1. The van der Waals surface area contributed by atoms with Gasteiger partial charge in [0.1, 0.15) is 5.38 Å². The molecule has 1 aliphatic rings. The number of hydrogen-bond donors (Lipinski definition) is 0. The van der Waals surface area contributed by atoms with Crippen LogP contribution < -0.4 is 4.90 Å². The van der Waals surface area contributed by atoms with E-state index >= 15 is 0 Å². The van der Waals surface area contributed by atoms with Gasteiger partial charge >= 0.3 is 6.01 Å². The number of halogens is 1. The molecule has 1 aromatic heterocycles. The van der Waals surface area contributed by atoms with E-state index in [1.807, 2.05) is 6.92 Å². The normalized spacial score (nSPS) is 18.9. The average Bonchev–Trinajstić information content (AvgIpc) is 2.88. The Morgan fingerprint density at radius 2 is 2.12 bits per heavy atom. The van der Waals surface area contributed by atoms with Gasteiger partial charge in [0.15, 0.2) is 0 Å². The van der Waals surface area contributed by atoms with Gasteiger partial charge in [-0.3, -0.25) is 0 Å². The second-order valence-electron chi connectivity index (χ2n) is 4.26. The summed E-state index contributed by atoms with van der Waals surface area (Å²) in [4.78, 5) is 2.20. The van der Waals surface area contributed by atoms with E-state index in [-0.39, 0.29) is 5.38 Å². The Bertz CT molecular complexity index is 334. The Hall–Kier alpha value is -0.770. The van der Waals surface area contributed by atoms with Gasteiger partial charge in [0.2, 0.25) is 5.89 Å². The Morgan fingerprint density at radius 1 is 1.44 bits per heavy atom. The van der Waals surface area contributed by atoms with E-state index in [1.54, 1.807) is 0 Å². The summed E-state index contributed by atoms with van der Waals surface area (Å²) in [6.07, 6.45) is 5.05. The minimum absolute atomic E-state index is 0.219. The number of hydrogen-bond acceptors (Lipinski definition) is 4. The van der Waals surface area contributed by atoms with E-state index in [0.717, 1.165) is 6.54 Å². The van der Waals surface area contributed by atoms with Crippen molar-refractivity contribution in [3.05, 3.63) is 5.89 Å². The van der Waals surface area contributed by atoms with E-state index in [1.165, 1.54) is 25.7 Å². The third kappa shape index (κ3) is 2.32. The van der Waals surface area contributed by atoms with Crippen LogP contribution in [0.2, 0.25) is 0 Å². The lowest BCUT2D eigenvalue weighted by Gasteiger charge is -2.25. The molecule has 0 spiro atoms. The minimum atomic E-state index is -0.219. The van der Waals surface area contributed by atoms with Crippen LogP contribution in [0.25, 0.3) is 0 Å². The molecule has 90 valence electrons. The van der Waals surface area contributed by atoms with Gasteiger partial charge in [-0.15, -0.1) is 16.7 Å². The maximum Gasteiger partial charge on any atom is 0.318 e. The van der Waals surface area contributed by atoms with Crippen LogP contribution in [0.4, 0.5) is 6.01 Å². The first-order valence-electron chi connectivity index (χ1n) is 5.96. The highest BCUT2D eigenvalue weighted by atomic mass is 35.5. The van der Waals surface area contributed by atoms with Crippen LogP contribution in [0.1, 0.15) is 50.8 Å². The first-order valence-corrected chi connectivity index (χ1v) is 6.40. The van der Waals surface area contributed by atoms with E-state index in [9.17, 15) is 0 Å². The van der Waals surface area contributed by atoms with Crippen LogP contribution in [0.15, 0.2) is 4.42 Å². The zero-order valence-corrected chi connectivity index (χ0v) is 10.6. The summed E-state index contributed by atoms with van der Waals surface area (Å²) in [6, 6.07) is 1.18. The number of aromatic nitrogens is 2. The standard InChI is InChI=1S/C11H18ClN3O/c1-3-15(9-6-4-5-7-9)11-14-13-10(16-11)8(2)12/h8-9H,3-7H2,1-2H3. The third-order valence-electron chi connectivity index (χ3n) is 3.12. The molecule has 5 heteroatoms. The lowest BCUT2D eigenvalue weighted by Crippen LogP contribution is -2.33. The first-order chi connectivity index (χ1) is 7.72. The van der Waals surface area contributed by atoms with Crippen molar-refractivity contribution in [1.29, 1.82) is 0 Å². The Kier molecular flexibility index (Phi) is 3.69. The summed E-state index contributed by atoms with van der Waals surface area (Å²) in [7, 11) is 0. The lowest BCUT2D eigenvalue weighted by atomic mass is 10.2. The quantitative estimate of drug-likeness (QED) is 0.762. The topological polar surface area (TPSA) is 42.2 Å². The summed E-state index contributed by atoms with van der Waals surface area (Å²) >= 11 is 5.91. The molecule has 1 heterocycles. The molecule has 1 atom stereocenters. The van der Waals surface area contributed by atoms with Gasteiger partial charge in [0, 0.05) is 12.6 Å². The molecule has 0 radical (unpaired) electrons. The Morgan fingerprint density at radius 3 is 2.62 bits per heavy atom. The summed E-state index contributed by atoms with van der Waals surface area (Å²) in [6.45, 7) is 4.86. The number of nitrogens with zero attached hydrogens (tertiary/aromatic N) is 3. The van der Waals surface area contributed by atoms with Crippen LogP contribution in [-0.2, 0) is 0 Å². The third-order valence-corrected chi connectivity index (χ3v) is 3.31. The predicted molar refractivity (Wildman–Crippen MR) is 63.8 cm³/mol. The molecule has 0 bridgehead atoms. The molecule has 0 saturated heterocycles. The Labute approximate surface area is 101 Å². The highest BCUT2D eigenvalue weighted by Gasteiger charge is 2.25. The number of alkyl halides is 1. The molecule has 0 aromatic carbocycles. The summed E-state index contributed by atoms with van der Waals surface area (Å²) in [5.74, 6) is 0.508. The summed E-state index contributed by atoms with van der Waals surface area (Å²) in [5.41, 5.74) is 0. The summed E-state index contributed by atoms with van der Waals surface area (Å²) in [5, 5.41) is 7.82.